The minimum absolute atomic E-state index is 0.0700. The molecule has 1 aromatic rings. The molecule has 45 heavy (non-hydrogen) atoms. The molecular formula is C33H42O12. The molecule has 3 N–H and O–H groups in total. The van der Waals surface area contributed by atoms with Crippen LogP contribution in [-0.2, 0) is 38.1 Å². The molecule has 2 bridgehead atoms. The van der Waals surface area contributed by atoms with Crippen molar-refractivity contribution in [3.05, 3.63) is 47.0 Å². The molecule has 0 spiro atoms. The highest BCUT2D eigenvalue weighted by molar-refractivity contribution is 5.89. The quantitative estimate of drug-likeness (QED) is 0.246. The van der Waals surface area contributed by atoms with Crippen molar-refractivity contribution in [2.45, 2.75) is 109 Å². The van der Waals surface area contributed by atoms with Crippen molar-refractivity contribution in [2.24, 2.45) is 16.7 Å². The Morgan fingerprint density at radius 3 is 2.07 bits per heavy atom. The summed E-state index contributed by atoms with van der Waals surface area (Å²) in [5.74, 6) is -4.20. The van der Waals surface area contributed by atoms with E-state index in [1.807, 2.05) is 0 Å². The van der Waals surface area contributed by atoms with Crippen molar-refractivity contribution in [3.8, 4) is 0 Å². The third kappa shape index (κ3) is 4.88. The number of rotatable bonds is 5. The van der Waals surface area contributed by atoms with Gasteiger partial charge in [0.2, 0.25) is 0 Å². The van der Waals surface area contributed by atoms with E-state index in [4.69, 9.17) is 23.7 Å². The summed E-state index contributed by atoms with van der Waals surface area (Å²) in [7, 11) is 0. The van der Waals surface area contributed by atoms with Crippen LogP contribution >= 0.6 is 0 Å². The largest absolute Gasteiger partial charge is 0.458 e. The maximum atomic E-state index is 13.9. The summed E-state index contributed by atoms with van der Waals surface area (Å²) >= 11 is 0. The van der Waals surface area contributed by atoms with Crippen molar-refractivity contribution in [2.75, 3.05) is 6.61 Å². The zero-order valence-electron chi connectivity index (χ0n) is 26.6. The number of aliphatic hydroxyl groups excluding tert-OH is 2. The van der Waals surface area contributed by atoms with Crippen molar-refractivity contribution in [3.63, 3.8) is 0 Å². The molecule has 0 radical (unpaired) electrons. The topological polar surface area (TPSA) is 175 Å². The van der Waals surface area contributed by atoms with Gasteiger partial charge in [-0.2, -0.15) is 0 Å². The number of benzene rings is 1. The summed E-state index contributed by atoms with van der Waals surface area (Å²) in [5.41, 5.74) is -5.96. The number of fused-ring (bicyclic) bond motifs is 5. The summed E-state index contributed by atoms with van der Waals surface area (Å²) < 4.78 is 29.6. The molecule has 5 rings (SSSR count). The summed E-state index contributed by atoms with van der Waals surface area (Å²) in [4.78, 5) is 51.5. The van der Waals surface area contributed by atoms with Gasteiger partial charge in [0, 0.05) is 44.4 Å². The van der Waals surface area contributed by atoms with Gasteiger partial charge < -0.3 is 39.0 Å². The molecule has 1 aliphatic heterocycles. The van der Waals surface area contributed by atoms with Gasteiger partial charge >= 0.3 is 23.9 Å². The van der Waals surface area contributed by atoms with Gasteiger partial charge in [0.1, 0.15) is 30.0 Å². The molecule has 3 fully saturated rings. The van der Waals surface area contributed by atoms with Gasteiger partial charge in [0.25, 0.3) is 0 Å². The smallest absolute Gasteiger partial charge is 0.338 e. The molecule has 12 nitrogen and oxygen atoms in total. The van der Waals surface area contributed by atoms with Crippen LogP contribution in [0.25, 0.3) is 0 Å². The van der Waals surface area contributed by atoms with E-state index in [2.05, 4.69) is 0 Å². The number of aliphatic hydroxyl groups is 3. The number of carbonyl (C=O) groups excluding carboxylic acids is 4. The number of hydrogen-bond acceptors (Lipinski definition) is 12. The summed E-state index contributed by atoms with van der Waals surface area (Å²) in [6.07, 6.45) is -8.36. The third-order valence-corrected chi connectivity index (χ3v) is 10.7. The Labute approximate surface area is 261 Å². The molecule has 3 aliphatic carbocycles. The molecule has 0 aromatic heterocycles. The highest BCUT2D eigenvalue weighted by Gasteiger charge is 2.78. The highest BCUT2D eigenvalue weighted by Crippen LogP contribution is 2.65. The lowest BCUT2D eigenvalue weighted by Gasteiger charge is -2.69. The zero-order valence-corrected chi connectivity index (χ0v) is 26.6. The number of carbonyl (C=O) groups is 4. The van der Waals surface area contributed by atoms with Crippen molar-refractivity contribution >= 4 is 23.9 Å². The lowest BCUT2D eigenvalue weighted by Crippen LogP contribution is -2.82. The van der Waals surface area contributed by atoms with Crippen molar-refractivity contribution in [1.29, 1.82) is 0 Å². The third-order valence-electron chi connectivity index (χ3n) is 10.7. The summed E-state index contributed by atoms with van der Waals surface area (Å²) in [5, 5.41) is 37.4. The molecular weight excluding hydrogens is 588 g/mol. The van der Waals surface area contributed by atoms with Crippen LogP contribution in [0.3, 0.4) is 0 Å². The molecule has 2 saturated carbocycles. The molecule has 1 heterocycles. The number of esters is 4. The van der Waals surface area contributed by atoms with Gasteiger partial charge in [0.05, 0.1) is 24.2 Å². The maximum Gasteiger partial charge on any atom is 0.338 e. The first-order chi connectivity index (χ1) is 20.9. The van der Waals surface area contributed by atoms with Crippen LogP contribution in [0.4, 0.5) is 0 Å². The molecule has 0 amide bonds. The Morgan fingerprint density at radius 1 is 0.911 bits per heavy atom. The van der Waals surface area contributed by atoms with Gasteiger partial charge in [0.15, 0.2) is 11.7 Å². The highest BCUT2D eigenvalue weighted by atomic mass is 16.6. The Hall–Kier alpha value is -3.32. The van der Waals surface area contributed by atoms with E-state index in [0.29, 0.717) is 5.57 Å². The van der Waals surface area contributed by atoms with E-state index in [1.165, 1.54) is 32.9 Å². The van der Waals surface area contributed by atoms with Gasteiger partial charge in [-0.15, -0.1) is 0 Å². The van der Waals surface area contributed by atoms with Gasteiger partial charge in [-0.3, -0.25) is 14.4 Å². The molecule has 1 saturated heterocycles. The van der Waals surface area contributed by atoms with Crippen LogP contribution in [0.15, 0.2) is 41.5 Å². The van der Waals surface area contributed by atoms with Crippen molar-refractivity contribution < 1.29 is 58.2 Å². The van der Waals surface area contributed by atoms with E-state index < -0.39 is 88.5 Å². The van der Waals surface area contributed by atoms with E-state index in [1.54, 1.807) is 45.9 Å². The zero-order chi connectivity index (χ0) is 33.3. The molecule has 246 valence electrons. The molecule has 1 unspecified atom stereocenters. The van der Waals surface area contributed by atoms with E-state index in [0.717, 1.165) is 0 Å². The number of hydrogen-bond donors (Lipinski definition) is 3. The van der Waals surface area contributed by atoms with Crippen LogP contribution in [-0.4, -0.2) is 93.6 Å². The fourth-order valence-corrected chi connectivity index (χ4v) is 8.46. The molecule has 4 aliphatic rings. The molecule has 10 atom stereocenters. The van der Waals surface area contributed by atoms with Crippen LogP contribution in [0.5, 0.6) is 0 Å². The second-order valence-corrected chi connectivity index (χ2v) is 13.6. The van der Waals surface area contributed by atoms with E-state index >= 15 is 0 Å². The SMILES string of the molecule is CC(=O)O[C@H]1C[C@@]2(O)C(OC(=O)c3ccccc3)[C@H]3[C@]4(OC(C)=O)CO[C@H]4C[C@H](O)[C@]3(C)[C@@H](O)[C@H](OC(C)=O)C(=C1C)C2(C)C. The van der Waals surface area contributed by atoms with Crippen LogP contribution < -0.4 is 0 Å². The Bertz CT molecular complexity index is 1420. The minimum atomic E-state index is -2.11. The first-order valence-corrected chi connectivity index (χ1v) is 15.1. The standard InChI is InChI=1S/C33H42O12/c1-16-21(42-17(2)34)14-33(40)28(44-29(39)20-11-9-8-10-12-20)26-31(7,22(37)13-23-32(26,15-41-23)45-19(4)36)27(38)25(43-18(3)35)24(16)30(33,5)6/h8-12,21-23,25-28,37-38,40H,13-15H2,1-7H3/t21-,22-,23-,25+,26+,27-,28?,31-,32-,33+/m0/s1. The lowest BCUT2D eigenvalue weighted by molar-refractivity contribution is -0.365. The fourth-order valence-electron chi connectivity index (χ4n) is 8.46. The second-order valence-electron chi connectivity index (χ2n) is 13.6. The van der Waals surface area contributed by atoms with Crippen molar-refractivity contribution in [1.82, 2.24) is 0 Å². The lowest BCUT2D eigenvalue weighted by atomic mass is 9.44. The van der Waals surface area contributed by atoms with Crippen LogP contribution in [0.1, 0.15) is 71.7 Å². The Kier molecular flexibility index (Phi) is 8.21. The van der Waals surface area contributed by atoms with E-state index in [-0.39, 0.29) is 30.6 Å². The monoisotopic (exact) mass is 630 g/mol. The predicted octanol–water partition coefficient (Wildman–Crippen LogP) is 2.02. The average molecular weight is 631 g/mol. The predicted molar refractivity (Wildman–Crippen MR) is 155 cm³/mol. The average Bonchev–Trinajstić information content (AvgIpc) is 2.94. The minimum Gasteiger partial charge on any atom is -0.458 e. The maximum absolute atomic E-state index is 13.9. The van der Waals surface area contributed by atoms with Gasteiger partial charge in [-0.1, -0.05) is 39.0 Å². The van der Waals surface area contributed by atoms with Crippen LogP contribution in [0, 0.1) is 16.7 Å². The molecule has 12 heteroatoms. The molecule has 1 aromatic carbocycles. The fraction of sp³-hybridized carbons (Fsp3) is 0.636. The Balaban J connectivity index is 1.86. The first-order valence-electron chi connectivity index (χ1n) is 15.1. The number of ether oxygens (including phenoxy) is 5. The summed E-state index contributed by atoms with van der Waals surface area (Å²) in [6.45, 7) is 9.94. The van der Waals surface area contributed by atoms with Gasteiger partial charge in [-0.25, -0.2) is 4.79 Å². The van der Waals surface area contributed by atoms with Crippen LogP contribution in [0.2, 0.25) is 0 Å². The van der Waals surface area contributed by atoms with Gasteiger partial charge in [-0.05, 0) is 30.2 Å². The normalized spacial score (nSPS) is 39.9. The summed E-state index contributed by atoms with van der Waals surface area (Å²) in [6, 6.07) is 8.09. The first kappa shape index (κ1) is 33.1. The Morgan fingerprint density at radius 2 is 1.53 bits per heavy atom. The van der Waals surface area contributed by atoms with E-state index in [9.17, 15) is 34.5 Å². The second kappa shape index (κ2) is 11.2.